The third-order valence-electron chi connectivity index (χ3n) is 4.91. The number of amides is 4. The van der Waals surface area contributed by atoms with E-state index >= 15 is 0 Å². The molecule has 4 atom stereocenters. The summed E-state index contributed by atoms with van der Waals surface area (Å²) in [6.45, 7) is 7.61. The van der Waals surface area contributed by atoms with Crippen molar-refractivity contribution in [1.82, 2.24) is 16.0 Å². The molecule has 0 aromatic heterocycles. The molecule has 0 saturated carbocycles. The zero-order chi connectivity index (χ0) is 25.7. The van der Waals surface area contributed by atoms with Gasteiger partial charge in [0.1, 0.15) is 18.1 Å². The van der Waals surface area contributed by atoms with E-state index in [4.69, 9.17) is 17.2 Å². The molecule has 0 radical (unpaired) electrons. The highest BCUT2D eigenvalue weighted by atomic mass is 16.4. The van der Waals surface area contributed by atoms with E-state index in [0.29, 0.717) is 19.4 Å². The maximum atomic E-state index is 12.9. The molecule has 33 heavy (non-hydrogen) atoms. The molecule has 0 fully saturated rings. The molecule has 4 amide bonds. The van der Waals surface area contributed by atoms with Crippen LogP contribution in [-0.4, -0.2) is 65.4 Å². The highest BCUT2D eigenvalue weighted by Crippen LogP contribution is 2.09. The van der Waals surface area contributed by atoms with Crippen LogP contribution in [0, 0.1) is 11.8 Å². The van der Waals surface area contributed by atoms with Crippen LogP contribution in [0.25, 0.3) is 0 Å². The summed E-state index contributed by atoms with van der Waals surface area (Å²) in [6.07, 6.45) is 1.45. The second kappa shape index (κ2) is 15.2. The Morgan fingerprint density at radius 3 is 1.88 bits per heavy atom. The molecule has 0 aliphatic rings. The van der Waals surface area contributed by atoms with Crippen LogP contribution in [0.15, 0.2) is 0 Å². The molecule has 0 aliphatic heterocycles. The lowest BCUT2D eigenvalue weighted by Gasteiger charge is -2.27. The maximum absolute atomic E-state index is 12.9. The number of hydrogen-bond acceptors (Lipinski definition) is 7. The first kappa shape index (κ1) is 30.3. The SMILES string of the molecule is CC(C)CC(NC(=O)C(NC(=O)C(N)CCCCN)C(C)C)C(=O)NC(CC(N)=O)C(=O)O. The molecule has 4 unspecified atom stereocenters. The van der Waals surface area contributed by atoms with E-state index in [1.807, 2.05) is 13.8 Å². The van der Waals surface area contributed by atoms with Crippen LogP contribution in [-0.2, 0) is 24.0 Å². The van der Waals surface area contributed by atoms with Gasteiger partial charge in [-0.05, 0) is 37.6 Å². The zero-order valence-corrected chi connectivity index (χ0v) is 19.9. The van der Waals surface area contributed by atoms with Crippen molar-refractivity contribution in [2.75, 3.05) is 6.54 Å². The Balaban J connectivity index is 5.36. The molecule has 190 valence electrons. The van der Waals surface area contributed by atoms with E-state index in [0.717, 1.165) is 6.42 Å². The Bertz CT molecular complexity index is 684. The molecule has 12 heteroatoms. The summed E-state index contributed by atoms with van der Waals surface area (Å²) in [6, 6.07) is -4.36. The van der Waals surface area contributed by atoms with Crippen molar-refractivity contribution in [3.8, 4) is 0 Å². The second-order valence-corrected chi connectivity index (χ2v) is 8.88. The van der Waals surface area contributed by atoms with E-state index in [-0.39, 0.29) is 18.3 Å². The minimum absolute atomic E-state index is 0.0245. The summed E-state index contributed by atoms with van der Waals surface area (Å²) in [4.78, 5) is 60.6. The molecule has 0 saturated heterocycles. The summed E-state index contributed by atoms with van der Waals surface area (Å²) in [5.41, 5.74) is 16.4. The highest BCUT2D eigenvalue weighted by Gasteiger charge is 2.32. The van der Waals surface area contributed by atoms with Gasteiger partial charge in [0.25, 0.3) is 0 Å². The number of hydrogen-bond donors (Lipinski definition) is 7. The molecule has 0 aromatic rings. The molecular formula is C21H40N6O6. The van der Waals surface area contributed by atoms with Crippen LogP contribution in [0.2, 0.25) is 0 Å². The lowest BCUT2D eigenvalue weighted by Crippen LogP contribution is -2.58. The first-order valence-electron chi connectivity index (χ1n) is 11.2. The van der Waals surface area contributed by atoms with Crippen LogP contribution < -0.4 is 33.2 Å². The number of aliphatic carboxylic acids is 1. The Morgan fingerprint density at radius 1 is 0.848 bits per heavy atom. The number of primary amides is 1. The van der Waals surface area contributed by atoms with E-state index in [9.17, 15) is 29.1 Å². The van der Waals surface area contributed by atoms with Gasteiger partial charge in [0.15, 0.2) is 0 Å². The molecule has 0 heterocycles. The maximum Gasteiger partial charge on any atom is 0.326 e. The van der Waals surface area contributed by atoms with Crippen LogP contribution in [0.5, 0.6) is 0 Å². The minimum Gasteiger partial charge on any atom is -0.480 e. The molecule has 0 rings (SSSR count). The Morgan fingerprint density at radius 2 is 1.42 bits per heavy atom. The fraction of sp³-hybridized carbons (Fsp3) is 0.762. The third-order valence-corrected chi connectivity index (χ3v) is 4.91. The lowest BCUT2D eigenvalue weighted by atomic mass is 9.99. The summed E-state index contributed by atoms with van der Waals surface area (Å²) < 4.78 is 0. The Hall–Kier alpha value is -2.73. The Labute approximate surface area is 194 Å². The average Bonchev–Trinajstić information content (AvgIpc) is 2.69. The molecule has 12 nitrogen and oxygen atoms in total. The Kier molecular flexibility index (Phi) is 13.9. The quantitative estimate of drug-likeness (QED) is 0.131. The first-order valence-corrected chi connectivity index (χ1v) is 11.2. The second-order valence-electron chi connectivity index (χ2n) is 8.88. The van der Waals surface area contributed by atoms with Crippen molar-refractivity contribution in [3.05, 3.63) is 0 Å². The van der Waals surface area contributed by atoms with E-state index in [1.165, 1.54) is 0 Å². The third kappa shape index (κ3) is 12.2. The monoisotopic (exact) mass is 472 g/mol. The van der Waals surface area contributed by atoms with Gasteiger partial charge >= 0.3 is 5.97 Å². The van der Waals surface area contributed by atoms with Crippen LogP contribution in [0.4, 0.5) is 0 Å². The number of carboxylic acids is 1. The smallest absolute Gasteiger partial charge is 0.326 e. The largest absolute Gasteiger partial charge is 0.480 e. The van der Waals surface area contributed by atoms with E-state index in [1.54, 1.807) is 13.8 Å². The van der Waals surface area contributed by atoms with Crippen molar-refractivity contribution < 1.29 is 29.1 Å². The fourth-order valence-electron chi connectivity index (χ4n) is 3.07. The fourth-order valence-corrected chi connectivity index (χ4v) is 3.07. The van der Waals surface area contributed by atoms with Crippen molar-refractivity contribution in [2.45, 2.75) is 84.0 Å². The number of nitrogens with one attached hydrogen (secondary N) is 3. The zero-order valence-electron chi connectivity index (χ0n) is 19.9. The van der Waals surface area contributed by atoms with Gasteiger partial charge in [-0.15, -0.1) is 0 Å². The molecular weight excluding hydrogens is 432 g/mol. The molecule has 0 aromatic carbocycles. The van der Waals surface area contributed by atoms with Gasteiger partial charge in [0.2, 0.25) is 23.6 Å². The minimum atomic E-state index is -1.52. The highest BCUT2D eigenvalue weighted by molar-refractivity contribution is 5.95. The topological polar surface area (TPSA) is 220 Å². The van der Waals surface area contributed by atoms with Crippen molar-refractivity contribution in [3.63, 3.8) is 0 Å². The van der Waals surface area contributed by atoms with Gasteiger partial charge in [-0.25, -0.2) is 4.79 Å². The van der Waals surface area contributed by atoms with Crippen LogP contribution in [0.1, 0.15) is 59.8 Å². The predicted octanol–water partition coefficient (Wildman–Crippen LogP) is -1.44. The molecule has 0 bridgehead atoms. The van der Waals surface area contributed by atoms with Crippen molar-refractivity contribution >= 4 is 29.6 Å². The number of carbonyl (C=O) groups excluding carboxylic acids is 4. The number of nitrogens with two attached hydrogens (primary N) is 3. The number of carbonyl (C=O) groups is 5. The summed E-state index contributed by atoms with van der Waals surface area (Å²) in [5.74, 6) is -4.51. The van der Waals surface area contributed by atoms with Crippen LogP contribution >= 0.6 is 0 Å². The van der Waals surface area contributed by atoms with Gasteiger partial charge in [0, 0.05) is 0 Å². The van der Waals surface area contributed by atoms with E-state index in [2.05, 4.69) is 16.0 Å². The predicted molar refractivity (Wildman–Crippen MR) is 122 cm³/mol. The van der Waals surface area contributed by atoms with Crippen LogP contribution in [0.3, 0.4) is 0 Å². The summed E-state index contributed by atoms with van der Waals surface area (Å²) in [7, 11) is 0. The molecule has 10 N–H and O–H groups in total. The standard InChI is InChI=1S/C21H40N6O6/c1-11(2)9-14(19(30)26-15(21(32)33)10-16(24)28)25-20(31)17(12(3)4)27-18(29)13(23)7-5-6-8-22/h11-15,17H,5-10,22-23H2,1-4H3,(H2,24,28)(H,25,31)(H,26,30)(H,27,29)(H,32,33). The average molecular weight is 473 g/mol. The van der Waals surface area contributed by atoms with Crippen molar-refractivity contribution in [2.24, 2.45) is 29.0 Å². The molecule has 0 spiro atoms. The van der Waals surface area contributed by atoms with Gasteiger partial charge < -0.3 is 38.3 Å². The number of unbranched alkanes of at least 4 members (excludes halogenated alkanes) is 1. The normalized spacial score (nSPS) is 14.8. The first-order chi connectivity index (χ1) is 15.3. The number of rotatable bonds is 16. The van der Waals surface area contributed by atoms with Gasteiger partial charge in [-0.3, -0.25) is 19.2 Å². The number of carboxylic acid groups (broad SMARTS) is 1. The van der Waals surface area contributed by atoms with Gasteiger partial charge in [0.05, 0.1) is 12.5 Å². The lowest BCUT2D eigenvalue weighted by molar-refractivity contribution is -0.144. The molecule has 0 aliphatic carbocycles. The summed E-state index contributed by atoms with van der Waals surface area (Å²) in [5, 5.41) is 16.7. The van der Waals surface area contributed by atoms with E-state index < -0.39 is 60.2 Å². The van der Waals surface area contributed by atoms with Gasteiger partial charge in [-0.1, -0.05) is 34.1 Å². The van der Waals surface area contributed by atoms with Gasteiger partial charge in [-0.2, -0.15) is 0 Å². The van der Waals surface area contributed by atoms with Crippen molar-refractivity contribution in [1.29, 1.82) is 0 Å². The summed E-state index contributed by atoms with van der Waals surface area (Å²) >= 11 is 0.